The standard InChI is InChI=1S/C8H13N4O/c1-7-6-10(2)9-12(7)11-5-3-4-8(11)13/h9H,3-5H2,1-2H3. The number of hydrogen-bond donors (Lipinski definition) is 1. The molecule has 0 aromatic rings. The third kappa shape index (κ3) is 1.35. The lowest BCUT2D eigenvalue weighted by Crippen LogP contribution is -2.50. The van der Waals surface area contributed by atoms with Gasteiger partial charge >= 0.3 is 0 Å². The summed E-state index contributed by atoms with van der Waals surface area (Å²) in [5.74, 6) is 0.170. The molecule has 1 amide bonds. The second kappa shape index (κ2) is 2.92. The summed E-state index contributed by atoms with van der Waals surface area (Å²) >= 11 is 0. The van der Waals surface area contributed by atoms with Crippen molar-refractivity contribution >= 4 is 5.91 Å². The predicted octanol–water partition coefficient (Wildman–Crippen LogP) is -0.145. The maximum atomic E-state index is 11.4. The van der Waals surface area contributed by atoms with Gasteiger partial charge in [0.05, 0.1) is 5.70 Å². The quantitative estimate of drug-likeness (QED) is 0.611. The first-order chi connectivity index (χ1) is 6.18. The highest BCUT2D eigenvalue weighted by atomic mass is 16.2. The molecule has 71 valence electrons. The van der Waals surface area contributed by atoms with Gasteiger partial charge in [0.1, 0.15) is 6.20 Å². The molecule has 2 heterocycles. The van der Waals surface area contributed by atoms with Gasteiger partial charge in [-0.15, -0.1) is 5.53 Å². The van der Waals surface area contributed by atoms with E-state index >= 15 is 0 Å². The van der Waals surface area contributed by atoms with Gasteiger partial charge in [-0.3, -0.25) is 9.80 Å². The van der Waals surface area contributed by atoms with Gasteiger partial charge in [-0.05, 0) is 13.3 Å². The minimum Gasteiger partial charge on any atom is -0.288 e. The normalized spacial score (nSPS) is 23.1. The van der Waals surface area contributed by atoms with Gasteiger partial charge in [0.2, 0.25) is 5.91 Å². The molecule has 2 aliphatic rings. The number of hydrazine groups is 3. The molecule has 13 heavy (non-hydrogen) atoms. The summed E-state index contributed by atoms with van der Waals surface area (Å²) in [7, 11) is 1.85. The summed E-state index contributed by atoms with van der Waals surface area (Å²) in [5.41, 5.74) is 3.91. The van der Waals surface area contributed by atoms with Crippen molar-refractivity contribution in [2.75, 3.05) is 13.6 Å². The minimum atomic E-state index is 0.170. The molecule has 0 aliphatic carbocycles. The second-order valence-electron chi connectivity index (χ2n) is 3.29. The maximum absolute atomic E-state index is 11.4. The summed E-state index contributed by atoms with van der Waals surface area (Å²) in [6.07, 6.45) is 4.62. The fourth-order valence-corrected chi connectivity index (χ4v) is 1.61. The van der Waals surface area contributed by atoms with E-state index in [1.165, 1.54) is 0 Å². The molecule has 2 rings (SSSR count). The van der Waals surface area contributed by atoms with Crippen LogP contribution in [0.15, 0.2) is 5.70 Å². The second-order valence-corrected chi connectivity index (χ2v) is 3.29. The Kier molecular flexibility index (Phi) is 1.88. The third-order valence-corrected chi connectivity index (χ3v) is 2.18. The zero-order valence-electron chi connectivity index (χ0n) is 7.87. The molecule has 1 fully saturated rings. The number of nitrogens with one attached hydrogen (secondary N) is 1. The highest BCUT2D eigenvalue weighted by molar-refractivity contribution is 5.77. The summed E-state index contributed by atoms with van der Waals surface area (Å²) in [4.78, 5) is 11.4. The molecule has 2 aliphatic heterocycles. The molecule has 0 aromatic heterocycles. The first kappa shape index (κ1) is 8.37. The van der Waals surface area contributed by atoms with Crippen molar-refractivity contribution in [2.45, 2.75) is 19.8 Å². The zero-order chi connectivity index (χ0) is 9.42. The Morgan fingerprint density at radius 1 is 1.54 bits per heavy atom. The van der Waals surface area contributed by atoms with Crippen LogP contribution in [0.3, 0.4) is 0 Å². The Morgan fingerprint density at radius 3 is 2.77 bits per heavy atom. The number of allylic oxidation sites excluding steroid dienone is 1. The van der Waals surface area contributed by atoms with Crippen molar-refractivity contribution < 1.29 is 4.79 Å². The van der Waals surface area contributed by atoms with Gasteiger partial charge in [-0.25, -0.2) is 5.01 Å². The molecule has 5 heteroatoms. The number of nitrogens with zero attached hydrogens (tertiary/aromatic N) is 3. The first-order valence-electron chi connectivity index (χ1n) is 4.39. The first-order valence-corrected chi connectivity index (χ1v) is 4.39. The van der Waals surface area contributed by atoms with Crippen LogP contribution in [0.2, 0.25) is 0 Å². The van der Waals surface area contributed by atoms with Crippen molar-refractivity contribution in [3.8, 4) is 0 Å². The van der Waals surface area contributed by atoms with Crippen LogP contribution in [0.1, 0.15) is 19.8 Å². The zero-order valence-corrected chi connectivity index (χ0v) is 7.87. The molecule has 0 aromatic carbocycles. The molecular formula is C8H13N4O. The van der Waals surface area contributed by atoms with Gasteiger partial charge in [0.15, 0.2) is 0 Å². The lowest BCUT2D eigenvalue weighted by atomic mass is 10.4. The summed E-state index contributed by atoms with van der Waals surface area (Å²) < 4.78 is 0. The molecular weight excluding hydrogens is 168 g/mol. The Balaban J connectivity index is 2.10. The summed E-state index contributed by atoms with van der Waals surface area (Å²) in [6.45, 7) is 2.71. The van der Waals surface area contributed by atoms with E-state index in [0.29, 0.717) is 6.42 Å². The van der Waals surface area contributed by atoms with Crippen molar-refractivity contribution in [2.24, 2.45) is 0 Å². The Bertz CT molecular complexity index is 263. The van der Waals surface area contributed by atoms with Gasteiger partial charge < -0.3 is 0 Å². The lowest BCUT2D eigenvalue weighted by Gasteiger charge is -2.30. The third-order valence-electron chi connectivity index (χ3n) is 2.18. The van der Waals surface area contributed by atoms with E-state index in [9.17, 15) is 4.79 Å². The highest BCUT2D eigenvalue weighted by Gasteiger charge is 2.29. The Hall–Kier alpha value is -1.23. The average Bonchev–Trinajstić information content (AvgIpc) is 2.58. The van der Waals surface area contributed by atoms with Crippen LogP contribution in [0.25, 0.3) is 0 Å². The fourth-order valence-electron chi connectivity index (χ4n) is 1.61. The van der Waals surface area contributed by atoms with E-state index in [1.54, 1.807) is 15.1 Å². The molecule has 1 N–H and O–H groups in total. The minimum absolute atomic E-state index is 0.170. The van der Waals surface area contributed by atoms with Crippen LogP contribution < -0.4 is 5.53 Å². The van der Waals surface area contributed by atoms with E-state index in [0.717, 1.165) is 18.7 Å². The maximum Gasteiger partial charge on any atom is 0.242 e. The monoisotopic (exact) mass is 181 g/mol. The predicted molar refractivity (Wildman–Crippen MR) is 46.1 cm³/mol. The number of amides is 1. The number of carbonyl (C=O) groups excluding carboxylic acids is 1. The Labute approximate surface area is 77.5 Å². The highest BCUT2D eigenvalue weighted by Crippen LogP contribution is 2.18. The van der Waals surface area contributed by atoms with Gasteiger partial charge in [0, 0.05) is 20.0 Å². The Morgan fingerprint density at radius 2 is 2.31 bits per heavy atom. The lowest BCUT2D eigenvalue weighted by molar-refractivity contribution is -0.147. The van der Waals surface area contributed by atoms with E-state index in [1.807, 2.05) is 14.0 Å². The van der Waals surface area contributed by atoms with Crippen molar-refractivity contribution in [1.29, 1.82) is 0 Å². The van der Waals surface area contributed by atoms with E-state index in [4.69, 9.17) is 0 Å². The molecule has 0 unspecified atom stereocenters. The topological polar surface area (TPSA) is 38.8 Å². The summed E-state index contributed by atoms with van der Waals surface area (Å²) in [5, 5.41) is 5.17. The molecule has 1 radical (unpaired) electrons. The van der Waals surface area contributed by atoms with Gasteiger partial charge in [0.25, 0.3) is 0 Å². The molecule has 0 saturated carbocycles. The van der Waals surface area contributed by atoms with Crippen molar-refractivity contribution in [1.82, 2.24) is 20.7 Å². The molecule has 0 spiro atoms. The van der Waals surface area contributed by atoms with Crippen molar-refractivity contribution in [3.63, 3.8) is 0 Å². The number of carbonyl (C=O) groups is 1. The SMILES string of the molecule is CC1=[C]N(C)NN1N1CCCC1=O. The van der Waals surface area contributed by atoms with Crippen LogP contribution in [0, 0.1) is 6.20 Å². The van der Waals surface area contributed by atoms with E-state index < -0.39 is 0 Å². The molecule has 1 saturated heterocycles. The molecule has 0 bridgehead atoms. The number of rotatable bonds is 1. The van der Waals surface area contributed by atoms with Gasteiger partial charge in [-0.2, -0.15) is 5.12 Å². The molecule has 0 atom stereocenters. The van der Waals surface area contributed by atoms with Crippen LogP contribution >= 0.6 is 0 Å². The number of hydrogen-bond acceptors (Lipinski definition) is 4. The summed E-state index contributed by atoms with van der Waals surface area (Å²) in [6, 6.07) is 0. The van der Waals surface area contributed by atoms with Crippen LogP contribution in [0.5, 0.6) is 0 Å². The van der Waals surface area contributed by atoms with Crippen LogP contribution in [0.4, 0.5) is 0 Å². The van der Waals surface area contributed by atoms with Crippen molar-refractivity contribution in [3.05, 3.63) is 11.9 Å². The smallest absolute Gasteiger partial charge is 0.242 e. The fraction of sp³-hybridized carbons (Fsp3) is 0.625. The van der Waals surface area contributed by atoms with E-state index in [-0.39, 0.29) is 5.91 Å². The van der Waals surface area contributed by atoms with Crippen LogP contribution in [-0.4, -0.2) is 34.6 Å². The molecule has 5 nitrogen and oxygen atoms in total. The van der Waals surface area contributed by atoms with Gasteiger partial charge in [-0.1, -0.05) is 0 Å². The average molecular weight is 181 g/mol. The largest absolute Gasteiger partial charge is 0.288 e. The van der Waals surface area contributed by atoms with E-state index in [2.05, 4.69) is 11.7 Å². The van der Waals surface area contributed by atoms with Crippen LogP contribution in [-0.2, 0) is 4.79 Å².